The van der Waals surface area contributed by atoms with Crippen LogP contribution in [-0.4, -0.2) is 36.3 Å². The summed E-state index contributed by atoms with van der Waals surface area (Å²) in [6.45, 7) is 2.62. The molecule has 1 aromatic rings. The molecule has 0 bridgehead atoms. The van der Waals surface area contributed by atoms with Gasteiger partial charge in [0.1, 0.15) is 6.04 Å². The number of piperidine rings is 1. The summed E-state index contributed by atoms with van der Waals surface area (Å²) in [5, 5.41) is 2.65. The summed E-state index contributed by atoms with van der Waals surface area (Å²) < 4.78 is 0. The fourth-order valence-electron chi connectivity index (χ4n) is 2.56. The standard InChI is InChI=1S/C15H20N2O2/c1-11-6-5-7-12(10-11)15(19)17-9-4-3-8-13(17)14(18)16-2/h5-7,10,13H,3-4,8-9H2,1-2H3,(H,16,18)/t13-/m0/s1. The highest BCUT2D eigenvalue weighted by atomic mass is 16.2. The van der Waals surface area contributed by atoms with Gasteiger partial charge in [0.15, 0.2) is 0 Å². The summed E-state index contributed by atoms with van der Waals surface area (Å²) in [4.78, 5) is 26.1. The SMILES string of the molecule is CNC(=O)[C@@H]1CCCCN1C(=O)c1cccc(C)c1. The van der Waals surface area contributed by atoms with E-state index in [1.54, 1.807) is 11.9 Å². The van der Waals surface area contributed by atoms with Crippen molar-refractivity contribution in [2.24, 2.45) is 0 Å². The van der Waals surface area contributed by atoms with E-state index in [1.807, 2.05) is 31.2 Å². The van der Waals surface area contributed by atoms with E-state index in [4.69, 9.17) is 0 Å². The quantitative estimate of drug-likeness (QED) is 0.880. The number of likely N-dealkylation sites (tertiary alicyclic amines) is 1. The number of aryl methyl sites for hydroxylation is 1. The van der Waals surface area contributed by atoms with E-state index in [0.717, 1.165) is 24.8 Å². The zero-order valence-corrected chi connectivity index (χ0v) is 11.5. The monoisotopic (exact) mass is 260 g/mol. The zero-order valence-electron chi connectivity index (χ0n) is 11.5. The molecular formula is C15H20N2O2. The summed E-state index contributed by atoms with van der Waals surface area (Å²) >= 11 is 0. The van der Waals surface area contributed by atoms with Crippen LogP contribution >= 0.6 is 0 Å². The van der Waals surface area contributed by atoms with E-state index in [9.17, 15) is 9.59 Å². The molecule has 0 saturated carbocycles. The minimum atomic E-state index is -0.327. The van der Waals surface area contributed by atoms with Crippen molar-refractivity contribution in [3.63, 3.8) is 0 Å². The first-order valence-corrected chi connectivity index (χ1v) is 6.72. The minimum Gasteiger partial charge on any atom is -0.357 e. The van der Waals surface area contributed by atoms with Crippen LogP contribution in [0.5, 0.6) is 0 Å². The smallest absolute Gasteiger partial charge is 0.254 e. The third-order valence-corrected chi connectivity index (χ3v) is 3.58. The number of hydrogen-bond donors (Lipinski definition) is 1. The maximum absolute atomic E-state index is 12.5. The van der Waals surface area contributed by atoms with E-state index < -0.39 is 0 Å². The van der Waals surface area contributed by atoms with E-state index in [0.29, 0.717) is 12.1 Å². The molecule has 102 valence electrons. The Balaban J connectivity index is 2.22. The van der Waals surface area contributed by atoms with Gasteiger partial charge in [0, 0.05) is 19.2 Å². The average Bonchev–Trinajstić information content (AvgIpc) is 2.45. The average molecular weight is 260 g/mol. The first kappa shape index (κ1) is 13.6. The van der Waals surface area contributed by atoms with Crippen molar-refractivity contribution in [1.82, 2.24) is 10.2 Å². The molecule has 0 unspecified atom stereocenters. The minimum absolute atomic E-state index is 0.0444. The van der Waals surface area contributed by atoms with Gasteiger partial charge in [-0.1, -0.05) is 17.7 Å². The van der Waals surface area contributed by atoms with Crippen molar-refractivity contribution in [3.05, 3.63) is 35.4 Å². The summed E-state index contributed by atoms with van der Waals surface area (Å²) in [5.41, 5.74) is 1.72. The predicted octanol–water partition coefficient (Wildman–Crippen LogP) is 1.74. The highest BCUT2D eigenvalue weighted by Crippen LogP contribution is 2.20. The van der Waals surface area contributed by atoms with E-state index >= 15 is 0 Å². The van der Waals surface area contributed by atoms with E-state index in [2.05, 4.69) is 5.32 Å². The lowest BCUT2D eigenvalue weighted by Gasteiger charge is -2.34. The summed E-state index contributed by atoms with van der Waals surface area (Å²) in [7, 11) is 1.62. The van der Waals surface area contributed by atoms with Crippen LogP contribution in [0.25, 0.3) is 0 Å². The molecule has 1 heterocycles. The molecule has 4 heteroatoms. The van der Waals surface area contributed by atoms with Crippen molar-refractivity contribution in [1.29, 1.82) is 0 Å². The highest BCUT2D eigenvalue weighted by Gasteiger charge is 2.31. The molecule has 1 fully saturated rings. The van der Waals surface area contributed by atoms with Gasteiger partial charge in [0.25, 0.3) is 5.91 Å². The van der Waals surface area contributed by atoms with Gasteiger partial charge < -0.3 is 10.2 Å². The third kappa shape index (κ3) is 2.95. The molecule has 0 spiro atoms. The van der Waals surface area contributed by atoms with Crippen LogP contribution in [0.4, 0.5) is 0 Å². The Hall–Kier alpha value is -1.84. The molecule has 1 aromatic carbocycles. The largest absolute Gasteiger partial charge is 0.357 e. The van der Waals surface area contributed by atoms with Gasteiger partial charge in [0.2, 0.25) is 5.91 Å². The lowest BCUT2D eigenvalue weighted by molar-refractivity contribution is -0.126. The second-order valence-corrected chi connectivity index (χ2v) is 4.99. The van der Waals surface area contributed by atoms with E-state index in [-0.39, 0.29) is 17.9 Å². The number of benzene rings is 1. The Morgan fingerprint density at radius 2 is 2.11 bits per heavy atom. The van der Waals surface area contributed by atoms with Gasteiger partial charge in [-0.05, 0) is 38.3 Å². The number of carbonyl (C=O) groups excluding carboxylic acids is 2. The van der Waals surface area contributed by atoms with Crippen molar-refractivity contribution in [3.8, 4) is 0 Å². The normalized spacial score (nSPS) is 19.1. The van der Waals surface area contributed by atoms with Crippen molar-refractivity contribution in [2.75, 3.05) is 13.6 Å². The molecule has 2 rings (SSSR count). The predicted molar refractivity (Wildman–Crippen MR) is 73.9 cm³/mol. The lowest BCUT2D eigenvalue weighted by atomic mass is 9.99. The van der Waals surface area contributed by atoms with Crippen LogP contribution in [0.2, 0.25) is 0 Å². The van der Waals surface area contributed by atoms with Gasteiger partial charge in [-0.25, -0.2) is 0 Å². The second-order valence-electron chi connectivity index (χ2n) is 4.99. The summed E-state index contributed by atoms with van der Waals surface area (Å²) in [5.74, 6) is -0.113. The van der Waals surface area contributed by atoms with Crippen LogP contribution in [0.15, 0.2) is 24.3 Å². The Morgan fingerprint density at radius 1 is 1.32 bits per heavy atom. The molecule has 0 aromatic heterocycles. The number of nitrogens with one attached hydrogen (secondary N) is 1. The first-order chi connectivity index (χ1) is 9.13. The Labute approximate surface area is 113 Å². The van der Waals surface area contributed by atoms with Gasteiger partial charge in [0.05, 0.1) is 0 Å². The lowest BCUT2D eigenvalue weighted by Crippen LogP contribution is -2.51. The molecule has 1 atom stereocenters. The number of amides is 2. The maximum atomic E-state index is 12.5. The van der Waals surface area contributed by atoms with Crippen molar-refractivity contribution >= 4 is 11.8 Å². The highest BCUT2D eigenvalue weighted by molar-refractivity contribution is 5.97. The van der Waals surface area contributed by atoms with Crippen LogP contribution in [0.3, 0.4) is 0 Å². The maximum Gasteiger partial charge on any atom is 0.254 e. The molecule has 1 saturated heterocycles. The van der Waals surface area contributed by atoms with Gasteiger partial charge in [-0.15, -0.1) is 0 Å². The van der Waals surface area contributed by atoms with Crippen molar-refractivity contribution in [2.45, 2.75) is 32.2 Å². The molecule has 4 nitrogen and oxygen atoms in total. The van der Waals surface area contributed by atoms with Gasteiger partial charge in [-0.3, -0.25) is 9.59 Å². The molecule has 0 aliphatic carbocycles. The Kier molecular flexibility index (Phi) is 4.20. The van der Waals surface area contributed by atoms with Crippen LogP contribution in [0.1, 0.15) is 35.2 Å². The molecule has 1 aliphatic heterocycles. The number of nitrogens with zero attached hydrogens (tertiary/aromatic N) is 1. The topological polar surface area (TPSA) is 49.4 Å². The molecule has 0 radical (unpaired) electrons. The third-order valence-electron chi connectivity index (χ3n) is 3.58. The number of rotatable bonds is 2. The summed E-state index contributed by atoms with van der Waals surface area (Å²) in [6.07, 6.45) is 2.71. The van der Waals surface area contributed by atoms with Crippen LogP contribution in [-0.2, 0) is 4.79 Å². The van der Waals surface area contributed by atoms with Gasteiger partial charge in [-0.2, -0.15) is 0 Å². The second kappa shape index (κ2) is 5.87. The number of likely N-dealkylation sites (N-methyl/N-ethyl adjacent to an activating group) is 1. The zero-order chi connectivity index (χ0) is 13.8. The number of hydrogen-bond acceptors (Lipinski definition) is 2. The van der Waals surface area contributed by atoms with Crippen LogP contribution < -0.4 is 5.32 Å². The summed E-state index contributed by atoms with van der Waals surface area (Å²) in [6, 6.07) is 7.19. The molecule has 1 N–H and O–H groups in total. The Morgan fingerprint density at radius 3 is 2.79 bits per heavy atom. The molecular weight excluding hydrogens is 240 g/mol. The number of carbonyl (C=O) groups is 2. The van der Waals surface area contributed by atoms with Gasteiger partial charge >= 0.3 is 0 Å². The fraction of sp³-hybridized carbons (Fsp3) is 0.467. The molecule has 19 heavy (non-hydrogen) atoms. The molecule has 2 amide bonds. The first-order valence-electron chi connectivity index (χ1n) is 6.72. The fourth-order valence-corrected chi connectivity index (χ4v) is 2.56. The van der Waals surface area contributed by atoms with Crippen LogP contribution in [0, 0.1) is 6.92 Å². The Bertz CT molecular complexity index is 485. The van der Waals surface area contributed by atoms with Crippen molar-refractivity contribution < 1.29 is 9.59 Å². The molecule has 1 aliphatic rings. The van der Waals surface area contributed by atoms with E-state index in [1.165, 1.54) is 0 Å².